The van der Waals surface area contributed by atoms with Crippen molar-refractivity contribution in [1.29, 1.82) is 0 Å². The fraction of sp³-hybridized carbons (Fsp3) is 0.333. The van der Waals surface area contributed by atoms with Crippen LogP contribution >= 0.6 is 0 Å². The monoisotopic (exact) mass is 332 g/mol. The van der Waals surface area contributed by atoms with Gasteiger partial charge in [0.05, 0.1) is 25.2 Å². The smallest absolute Gasteiger partial charge is 0.545 e. The zero-order chi connectivity index (χ0) is 16.0. The Morgan fingerprint density at radius 1 is 0.727 bits per heavy atom. The molecule has 0 saturated carbocycles. The van der Waals surface area contributed by atoms with E-state index in [-0.39, 0.29) is 72.3 Å². The molecule has 0 heterocycles. The molecule has 0 aromatic heterocycles. The summed E-state index contributed by atoms with van der Waals surface area (Å²) in [7, 11) is 0. The zero-order valence-corrected chi connectivity index (χ0v) is 17.0. The third-order valence-corrected chi connectivity index (χ3v) is 1.28. The van der Waals surface area contributed by atoms with Gasteiger partial charge in [0.25, 0.3) is 0 Å². The standard InChI is InChI=1S/2C6H8O4.2Na/c2*1-2-10-6(9)4-3-5(7)8;;/h2*3-4H,2H2,1H3,(H,7,8);;/q;;2*+1/p-2/b2*4-3-;;. The summed E-state index contributed by atoms with van der Waals surface area (Å²) < 4.78 is 8.75. The van der Waals surface area contributed by atoms with Gasteiger partial charge in [-0.25, -0.2) is 9.59 Å². The largest absolute Gasteiger partial charge is 1.00 e. The van der Waals surface area contributed by atoms with Crippen LogP contribution < -0.4 is 69.3 Å². The van der Waals surface area contributed by atoms with Gasteiger partial charge >= 0.3 is 71.1 Å². The fourth-order valence-corrected chi connectivity index (χ4v) is 0.653. The van der Waals surface area contributed by atoms with Gasteiger partial charge in [-0.3, -0.25) is 0 Å². The first-order valence-electron chi connectivity index (χ1n) is 5.45. The molecule has 0 spiro atoms. The van der Waals surface area contributed by atoms with Gasteiger partial charge in [-0.15, -0.1) is 0 Å². The van der Waals surface area contributed by atoms with Crippen LogP contribution in [0.15, 0.2) is 24.3 Å². The summed E-state index contributed by atoms with van der Waals surface area (Å²) in [5.74, 6) is -4.17. The van der Waals surface area contributed by atoms with Gasteiger partial charge in [0, 0.05) is 12.2 Å². The molecule has 0 unspecified atom stereocenters. The maximum atomic E-state index is 10.3. The normalized spacial score (nSPS) is 8.82. The summed E-state index contributed by atoms with van der Waals surface area (Å²) in [5, 5.41) is 19.4. The molecule has 0 aromatic carbocycles. The van der Waals surface area contributed by atoms with Gasteiger partial charge in [-0.1, -0.05) is 0 Å². The second-order valence-corrected chi connectivity index (χ2v) is 2.81. The molecule has 0 aromatic rings. The van der Waals surface area contributed by atoms with Crippen molar-refractivity contribution in [3.05, 3.63) is 24.3 Å². The Morgan fingerprint density at radius 3 is 1.18 bits per heavy atom. The SMILES string of the molecule is CCOC(=O)/C=C\C(=O)[O-].CCOC(=O)/C=C\C(=O)[O-].[Na+].[Na+]. The van der Waals surface area contributed by atoms with Crippen LogP contribution in [-0.4, -0.2) is 37.1 Å². The topological polar surface area (TPSA) is 133 Å². The van der Waals surface area contributed by atoms with E-state index in [0.717, 1.165) is 12.2 Å². The van der Waals surface area contributed by atoms with Gasteiger partial charge in [0.15, 0.2) is 0 Å². The number of carbonyl (C=O) groups excluding carboxylic acids is 4. The Balaban J connectivity index is -0.000000135. The van der Waals surface area contributed by atoms with Gasteiger partial charge < -0.3 is 29.3 Å². The molecule has 0 amide bonds. The molecule has 0 bridgehead atoms. The van der Waals surface area contributed by atoms with E-state index < -0.39 is 23.9 Å². The maximum Gasteiger partial charge on any atom is 1.00 e. The predicted octanol–water partition coefficient (Wildman–Crippen LogP) is -8.28. The molecule has 0 aliphatic rings. The van der Waals surface area contributed by atoms with Crippen LogP contribution in [0.2, 0.25) is 0 Å². The number of ether oxygens (including phenoxy) is 2. The maximum absolute atomic E-state index is 10.3. The first kappa shape index (κ1) is 29.4. The Labute approximate surface area is 172 Å². The first-order valence-corrected chi connectivity index (χ1v) is 5.45. The van der Waals surface area contributed by atoms with E-state index in [2.05, 4.69) is 9.47 Å². The average molecular weight is 332 g/mol. The molecule has 0 saturated heterocycles. The summed E-state index contributed by atoms with van der Waals surface area (Å²) >= 11 is 0. The second-order valence-electron chi connectivity index (χ2n) is 2.81. The van der Waals surface area contributed by atoms with Crippen molar-refractivity contribution >= 4 is 23.9 Å². The van der Waals surface area contributed by atoms with E-state index >= 15 is 0 Å². The van der Waals surface area contributed by atoms with Crippen LogP contribution in [-0.2, 0) is 28.7 Å². The molecule has 112 valence electrons. The molecule has 22 heavy (non-hydrogen) atoms. The molecule has 10 heteroatoms. The van der Waals surface area contributed by atoms with Crippen molar-refractivity contribution in [2.45, 2.75) is 13.8 Å². The number of rotatable bonds is 6. The van der Waals surface area contributed by atoms with E-state index in [9.17, 15) is 29.4 Å². The van der Waals surface area contributed by atoms with Crippen LogP contribution in [0.1, 0.15) is 13.8 Å². The van der Waals surface area contributed by atoms with Crippen LogP contribution in [0.3, 0.4) is 0 Å². The number of carbonyl (C=O) groups is 4. The van der Waals surface area contributed by atoms with Crippen LogP contribution in [0, 0.1) is 0 Å². The van der Waals surface area contributed by atoms with Crippen molar-refractivity contribution in [2.75, 3.05) is 13.2 Å². The summed E-state index contributed by atoms with van der Waals surface area (Å²) in [6, 6.07) is 0. The van der Waals surface area contributed by atoms with Crippen LogP contribution in [0.25, 0.3) is 0 Å². The summed E-state index contributed by atoms with van der Waals surface area (Å²) in [5.41, 5.74) is 0. The van der Waals surface area contributed by atoms with Crippen molar-refractivity contribution in [3.8, 4) is 0 Å². The van der Waals surface area contributed by atoms with Crippen LogP contribution in [0.5, 0.6) is 0 Å². The van der Waals surface area contributed by atoms with Gasteiger partial charge in [0.2, 0.25) is 0 Å². The third kappa shape index (κ3) is 27.7. The molecule has 0 atom stereocenters. The molecule has 0 N–H and O–H groups in total. The van der Waals surface area contributed by atoms with Crippen molar-refractivity contribution in [2.24, 2.45) is 0 Å². The Morgan fingerprint density at radius 2 is 1.00 bits per heavy atom. The van der Waals surface area contributed by atoms with E-state index in [1.54, 1.807) is 13.8 Å². The summed E-state index contributed by atoms with van der Waals surface area (Å²) in [6.45, 7) is 3.72. The Kier molecular flexibility index (Phi) is 27.2. The quantitative estimate of drug-likeness (QED) is 0.266. The minimum atomic E-state index is -1.41. The molecular formula is C12H14Na2O8. The summed E-state index contributed by atoms with van der Waals surface area (Å²) in [6.07, 6.45) is 2.85. The average Bonchev–Trinajstić information content (AvgIpc) is 2.35. The number of aliphatic carboxylic acids is 2. The third-order valence-electron chi connectivity index (χ3n) is 1.28. The number of esters is 2. The number of carboxylic acids is 2. The first-order chi connectivity index (χ1) is 9.33. The van der Waals surface area contributed by atoms with Crippen LogP contribution in [0.4, 0.5) is 0 Å². The van der Waals surface area contributed by atoms with Crippen molar-refractivity contribution in [1.82, 2.24) is 0 Å². The molecule has 0 rings (SSSR count). The Bertz CT molecular complexity index is 366. The van der Waals surface area contributed by atoms with Gasteiger partial charge in [-0.05, 0) is 26.0 Å². The molecule has 0 radical (unpaired) electrons. The number of hydrogen-bond acceptors (Lipinski definition) is 8. The van der Waals surface area contributed by atoms with Crippen molar-refractivity contribution in [3.63, 3.8) is 0 Å². The molecule has 0 aliphatic carbocycles. The predicted molar refractivity (Wildman–Crippen MR) is 61.6 cm³/mol. The number of hydrogen-bond donors (Lipinski definition) is 0. The molecular weight excluding hydrogens is 318 g/mol. The zero-order valence-electron chi connectivity index (χ0n) is 13.0. The van der Waals surface area contributed by atoms with Gasteiger partial charge in [-0.2, -0.15) is 0 Å². The van der Waals surface area contributed by atoms with Crippen molar-refractivity contribution < 1.29 is 98.0 Å². The summed E-state index contributed by atoms with van der Waals surface area (Å²) in [4.78, 5) is 40.1. The van der Waals surface area contributed by atoms with E-state index in [4.69, 9.17) is 0 Å². The molecule has 0 fully saturated rings. The molecule has 8 nitrogen and oxygen atoms in total. The number of carboxylic acid groups (broad SMARTS) is 2. The second kappa shape index (κ2) is 20.4. The van der Waals surface area contributed by atoms with Gasteiger partial charge in [0.1, 0.15) is 0 Å². The fourth-order valence-electron chi connectivity index (χ4n) is 0.653. The van der Waals surface area contributed by atoms with E-state index in [0.29, 0.717) is 12.2 Å². The minimum Gasteiger partial charge on any atom is -0.545 e. The molecule has 0 aliphatic heterocycles. The van der Waals surface area contributed by atoms with E-state index in [1.807, 2.05) is 0 Å². The Hall–Kier alpha value is -0.640. The minimum absolute atomic E-state index is 0. The van der Waals surface area contributed by atoms with E-state index in [1.165, 1.54) is 0 Å².